The van der Waals surface area contributed by atoms with Crippen molar-refractivity contribution >= 4 is 15.8 Å². The molecule has 0 bridgehead atoms. The number of rotatable bonds is 5. The fourth-order valence-electron chi connectivity index (χ4n) is 3.85. The van der Waals surface area contributed by atoms with E-state index < -0.39 is 10.0 Å². The number of aromatic nitrogens is 2. The van der Waals surface area contributed by atoms with Gasteiger partial charge in [-0.2, -0.15) is 4.31 Å². The molecule has 0 unspecified atom stereocenters. The lowest BCUT2D eigenvalue weighted by Crippen LogP contribution is -2.49. The van der Waals surface area contributed by atoms with Gasteiger partial charge in [-0.05, 0) is 37.6 Å². The first kappa shape index (κ1) is 21.3. The van der Waals surface area contributed by atoms with Crippen LogP contribution in [-0.2, 0) is 10.0 Å². The second kappa shape index (κ2) is 8.64. The molecule has 0 N–H and O–H groups in total. The number of ether oxygens (including phenoxy) is 1. The first-order valence-electron chi connectivity index (χ1n) is 10.2. The molecule has 31 heavy (non-hydrogen) atoms. The van der Waals surface area contributed by atoms with Gasteiger partial charge in [0.25, 0.3) is 0 Å². The van der Waals surface area contributed by atoms with Gasteiger partial charge in [-0.1, -0.05) is 29.8 Å². The van der Waals surface area contributed by atoms with Crippen molar-refractivity contribution in [3.8, 4) is 17.0 Å². The molecular weight excluding hydrogens is 412 g/mol. The molecule has 0 saturated carbocycles. The average molecular weight is 439 g/mol. The molecule has 162 valence electrons. The summed E-state index contributed by atoms with van der Waals surface area (Å²) in [6.07, 6.45) is 1.54. The summed E-state index contributed by atoms with van der Waals surface area (Å²) in [6.45, 7) is 5.76. The van der Waals surface area contributed by atoms with Crippen LogP contribution in [0.4, 0.5) is 5.82 Å². The summed E-state index contributed by atoms with van der Waals surface area (Å²) >= 11 is 0. The topological polar surface area (TPSA) is 75.6 Å². The molecule has 0 spiro atoms. The molecule has 0 atom stereocenters. The SMILES string of the molecule is COc1cccc(-c2cc(N3CCN(S(=O)(=O)c4ccc(C)cc4C)CC3)ncn2)c1. The van der Waals surface area contributed by atoms with Crippen molar-refractivity contribution in [1.82, 2.24) is 14.3 Å². The number of sulfonamides is 1. The predicted molar refractivity (Wildman–Crippen MR) is 121 cm³/mol. The van der Waals surface area contributed by atoms with Crippen LogP contribution >= 0.6 is 0 Å². The van der Waals surface area contributed by atoms with Gasteiger partial charge >= 0.3 is 0 Å². The Hall–Kier alpha value is -2.97. The van der Waals surface area contributed by atoms with Crippen LogP contribution in [0.3, 0.4) is 0 Å². The minimum absolute atomic E-state index is 0.383. The van der Waals surface area contributed by atoms with Crippen molar-refractivity contribution in [3.05, 3.63) is 66.0 Å². The van der Waals surface area contributed by atoms with Crippen LogP contribution < -0.4 is 9.64 Å². The smallest absolute Gasteiger partial charge is 0.243 e. The molecule has 0 amide bonds. The summed E-state index contributed by atoms with van der Waals surface area (Å²) in [5.41, 5.74) is 3.58. The number of benzene rings is 2. The van der Waals surface area contributed by atoms with Crippen LogP contribution in [0.25, 0.3) is 11.3 Å². The molecule has 0 radical (unpaired) electrons. The van der Waals surface area contributed by atoms with Gasteiger partial charge in [0.05, 0.1) is 17.7 Å². The number of nitrogens with zero attached hydrogens (tertiary/aromatic N) is 4. The zero-order valence-corrected chi connectivity index (χ0v) is 18.8. The number of anilines is 1. The number of piperazine rings is 1. The molecule has 2 aromatic carbocycles. The number of methoxy groups -OCH3 is 1. The lowest BCUT2D eigenvalue weighted by Gasteiger charge is -2.35. The van der Waals surface area contributed by atoms with E-state index in [0.29, 0.717) is 31.1 Å². The van der Waals surface area contributed by atoms with Crippen LogP contribution in [-0.4, -0.2) is 56.0 Å². The molecule has 2 heterocycles. The highest BCUT2D eigenvalue weighted by atomic mass is 32.2. The fraction of sp³-hybridized carbons (Fsp3) is 0.304. The second-order valence-electron chi connectivity index (χ2n) is 7.65. The van der Waals surface area contributed by atoms with Gasteiger partial charge in [-0.15, -0.1) is 0 Å². The lowest BCUT2D eigenvalue weighted by atomic mass is 10.1. The Morgan fingerprint density at radius 1 is 0.935 bits per heavy atom. The Morgan fingerprint density at radius 2 is 1.71 bits per heavy atom. The monoisotopic (exact) mass is 438 g/mol. The van der Waals surface area contributed by atoms with Crippen LogP contribution in [0.2, 0.25) is 0 Å². The van der Waals surface area contributed by atoms with Crippen molar-refractivity contribution in [2.24, 2.45) is 0 Å². The highest BCUT2D eigenvalue weighted by Crippen LogP contribution is 2.26. The summed E-state index contributed by atoms with van der Waals surface area (Å²) in [5, 5.41) is 0. The van der Waals surface area contributed by atoms with Gasteiger partial charge in [-0.3, -0.25) is 0 Å². The maximum absolute atomic E-state index is 13.1. The van der Waals surface area contributed by atoms with E-state index in [4.69, 9.17) is 4.74 Å². The average Bonchev–Trinajstić information content (AvgIpc) is 2.79. The van der Waals surface area contributed by atoms with Gasteiger partial charge in [-0.25, -0.2) is 18.4 Å². The Morgan fingerprint density at radius 3 is 2.42 bits per heavy atom. The second-order valence-corrected chi connectivity index (χ2v) is 9.56. The van der Waals surface area contributed by atoms with E-state index in [2.05, 4.69) is 14.9 Å². The van der Waals surface area contributed by atoms with Crippen molar-refractivity contribution in [3.63, 3.8) is 0 Å². The van der Waals surface area contributed by atoms with Crippen molar-refractivity contribution < 1.29 is 13.2 Å². The molecule has 1 aliphatic heterocycles. The summed E-state index contributed by atoms with van der Waals surface area (Å²) in [6, 6.07) is 15.1. The van der Waals surface area contributed by atoms with Crippen molar-refractivity contribution in [2.75, 3.05) is 38.2 Å². The van der Waals surface area contributed by atoms with Gasteiger partial charge in [0, 0.05) is 37.8 Å². The maximum Gasteiger partial charge on any atom is 0.243 e. The van der Waals surface area contributed by atoms with E-state index >= 15 is 0 Å². The van der Waals surface area contributed by atoms with Crippen LogP contribution in [0.5, 0.6) is 5.75 Å². The summed E-state index contributed by atoms with van der Waals surface area (Å²) in [5.74, 6) is 1.55. The zero-order chi connectivity index (χ0) is 22.0. The van der Waals surface area contributed by atoms with Crippen molar-refractivity contribution in [1.29, 1.82) is 0 Å². The highest BCUT2D eigenvalue weighted by molar-refractivity contribution is 7.89. The third kappa shape index (κ3) is 4.40. The predicted octanol–water partition coefficient (Wildman–Crippen LogP) is 3.28. The molecule has 1 saturated heterocycles. The van der Waals surface area contributed by atoms with E-state index in [0.717, 1.165) is 34.0 Å². The molecule has 0 aliphatic carbocycles. The lowest BCUT2D eigenvalue weighted by molar-refractivity contribution is 0.383. The van der Waals surface area contributed by atoms with Gasteiger partial charge < -0.3 is 9.64 Å². The van der Waals surface area contributed by atoms with Gasteiger partial charge in [0.15, 0.2) is 0 Å². The third-order valence-electron chi connectivity index (χ3n) is 5.53. The standard InChI is InChI=1S/C23H26N4O3S/c1-17-7-8-22(18(2)13-17)31(28,29)27-11-9-26(10-12-27)23-15-21(24-16-25-23)19-5-4-6-20(14-19)30-3/h4-8,13-16H,9-12H2,1-3H3. The molecule has 8 heteroatoms. The van der Waals surface area contributed by atoms with E-state index in [1.165, 1.54) is 0 Å². The number of aryl methyl sites for hydroxylation is 2. The third-order valence-corrected chi connectivity index (χ3v) is 7.59. The zero-order valence-electron chi connectivity index (χ0n) is 17.9. The Balaban J connectivity index is 1.50. The van der Waals surface area contributed by atoms with Crippen LogP contribution in [0.15, 0.2) is 59.8 Å². The van der Waals surface area contributed by atoms with E-state index in [-0.39, 0.29) is 0 Å². The molecule has 1 aliphatic rings. The summed E-state index contributed by atoms with van der Waals surface area (Å²) < 4.78 is 33.1. The molecule has 1 aromatic heterocycles. The number of hydrogen-bond donors (Lipinski definition) is 0. The normalized spacial score (nSPS) is 15.1. The Kier molecular flexibility index (Phi) is 5.93. The molecule has 1 fully saturated rings. The molecule has 7 nitrogen and oxygen atoms in total. The first-order chi connectivity index (χ1) is 14.9. The maximum atomic E-state index is 13.1. The molecule has 3 aromatic rings. The summed E-state index contributed by atoms with van der Waals surface area (Å²) in [4.78, 5) is 11.3. The minimum Gasteiger partial charge on any atom is -0.497 e. The molecular formula is C23H26N4O3S. The minimum atomic E-state index is -3.51. The van der Waals surface area contributed by atoms with Gasteiger partial charge in [0.2, 0.25) is 10.0 Å². The highest BCUT2D eigenvalue weighted by Gasteiger charge is 2.30. The molecule has 4 rings (SSSR count). The Labute approximate surface area is 183 Å². The van der Waals surface area contributed by atoms with E-state index in [9.17, 15) is 8.42 Å². The Bertz CT molecular complexity index is 1190. The van der Waals surface area contributed by atoms with E-state index in [1.54, 1.807) is 23.8 Å². The first-order valence-corrected chi connectivity index (χ1v) is 11.6. The fourth-order valence-corrected chi connectivity index (χ4v) is 5.47. The van der Waals surface area contributed by atoms with Crippen LogP contribution in [0, 0.1) is 13.8 Å². The van der Waals surface area contributed by atoms with Gasteiger partial charge in [0.1, 0.15) is 17.9 Å². The number of hydrogen-bond acceptors (Lipinski definition) is 6. The summed E-state index contributed by atoms with van der Waals surface area (Å²) in [7, 11) is -1.88. The quantitative estimate of drug-likeness (QED) is 0.609. The largest absolute Gasteiger partial charge is 0.497 e. The van der Waals surface area contributed by atoms with Crippen molar-refractivity contribution in [2.45, 2.75) is 18.7 Å². The van der Waals surface area contributed by atoms with E-state index in [1.807, 2.05) is 56.3 Å². The van der Waals surface area contributed by atoms with Crippen LogP contribution in [0.1, 0.15) is 11.1 Å².